The number of benzene rings is 2. The molecule has 8 aliphatic rings. The van der Waals surface area contributed by atoms with Crippen molar-refractivity contribution >= 4 is 15.9 Å². The third-order valence-corrected chi connectivity index (χ3v) is 12.0. The summed E-state index contributed by atoms with van der Waals surface area (Å²) in [6.45, 7) is 0. The summed E-state index contributed by atoms with van der Waals surface area (Å²) in [7, 11) is 3.63. The van der Waals surface area contributed by atoms with E-state index < -0.39 is 0 Å². The second kappa shape index (κ2) is 9.32. The zero-order chi connectivity index (χ0) is 25.2. The van der Waals surface area contributed by atoms with Crippen molar-refractivity contribution < 1.29 is 9.47 Å². The number of hydrogen-bond acceptors (Lipinski definition) is 2. The first-order valence-corrected chi connectivity index (χ1v) is 15.7. The molecule has 37 heavy (non-hydrogen) atoms. The summed E-state index contributed by atoms with van der Waals surface area (Å²) in [4.78, 5) is 0. The van der Waals surface area contributed by atoms with Crippen LogP contribution in [0.15, 0.2) is 46.9 Å². The molecule has 8 fully saturated rings. The fraction of sp³-hybridized carbons (Fsp3) is 0.647. The normalized spacial score (nSPS) is 40.3. The summed E-state index contributed by atoms with van der Waals surface area (Å²) >= 11 is 3.57. The Morgan fingerprint density at radius 2 is 0.973 bits per heavy atom. The molecule has 0 spiro atoms. The van der Waals surface area contributed by atoms with Gasteiger partial charge in [0.25, 0.3) is 0 Å². The van der Waals surface area contributed by atoms with E-state index in [0.29, 0.717) is 10.8 Å². The first-order valence-electron chi connectivity index (χ1n) is 14.9. The lowest BCUT2D eigenvalue weighted by Gasteiger charge is -2.57. The number of halogens is 1. The molecule has 0 radical (unpaired) electrons. The van der Waals surface area contributed by atoms with Gasteiger partial charge in [0.05, 0.1) is 14.2 Å². The Kier molecular flexibility index (Phi) is 6.18. The molecule has 198 valence electrons. The van der Waals surface area contributed by atoms with Crippen molar-refractivity contribution in [2.24, 2.45) is 35.5 Å². The molecular formula is C34H43BrO2. The van der Waals surface area contributed by atoms with Gasteiger partial charge in [0.1, 0.15) is 11.5 Å². The van der Waals surface area contributed by atoms with E-state index in [9.17, 15) is 0 Å². The molecule has 3 heteroatoms. The van der Waals surface area contributed by atoms with E-state index >= 15 is 0 Å². The molecule has 2 nitrogen and oxygen atoms in total. The average molecular weight is 564 g/mol. The van der Waals surface area contributed by atoms with Crippen LogP contribution < -0.4 is 9.47 Å². The van der Waals surface area contributed by atoms with Crippen LogP contribution >= 0.6 is 15.9 Å². The van der Waals surface area contributed by atoms with E-state index in [1.54, 1.807) is 0 Å². The first-order chi connectivity index (χ1) is 18.0. The minimum Gasteiger partial charge on any atom is -0.496 e. The highest BCUT2D eigenvalue weighted by molar-refractivity contribution is 9.10. The predicted molar refractivity (Wildman–Crippen MR) is 153 cm³/mol. The van der Waals surface area contributed by atoms with Crippen molar-refractivity contribution in [2.45, 2.75) is 87.9 Å². The molecule has 0 aromatic heterocycles. The van der Waals surface area contributed by atoms with Crippen molar-refractivity contribution in [3.05, 3.63) is 58.1 Å². The zero-order valence-electron chi connectivity index (χ0n) is 22.7. The Hall–Kier alpha value is -1.48. The van der Waals surface area contributed by atoms with Gasteiger partial charge in [-0.3, -0.25) is 0 Å². The Morgan fingerprint density at radius 1 is 0.568 bits per heavy atom. The molecule has 0 atom stereocenters. The molecule has 8 bridgehead atoms. The second-order valence-electron chi connectivity index (χ2n) is 13.9. The smallest absolute Gasteiger partial charge is 0.123 e. The molecule has 8 saturated carbocycles. The van der Waals surface area contributed by atoms with Gasteiger partial charge in [-0.15, -0.1) is 0 Å². The van der Waals surface area contributed by atoms with Crippen molar-refractivity contribution in [3.63, 3.8) is 0 Å². The van der Waals surface area contributed by atoms with E-state index in [1.807, 2.05) is 14.2 Å². The minimum atomic E-state index is 0.431. The van der Waals surface area contributed by atoms with Crippen LogP contribution in [-0.2, 0) is 10.8 Å². The molecule has 8 aliphatic carbocycles. The van der Waals surface area contributed by atoms with Gasteiger partial charge in [0, 0.05) is 15.6 Å². The fourth-order valence-electron chi connectivity index (χ4n) is 11.1. The van der Waals surface area contributed by atoms with Gasteiger partial charge in [-0.2, -0.15) is 0 Å². The largest absolute Gasteiger partial charge is 0.496 e. The van der Waals surface area contributed by atoms with E-state index in [-0.39, 0.29) is 0 Å². The van der Waals surface area contributed by atoms with Crippen LogP contribution in [0.3, 0.4) is 0 Å². The Labute approximate surface area is 232 Å². The van der Waals surface area contributed by atoms with Crippen molar-refractivity contribution in [1.82, 2.24) is 0 Å². The number of rotatable bonds is 4. The van der Waals surface area contributed by atoms with Gasteiger partial charge in [-0.05, 0) is 142 Å². The third kappa shape index (κ3) is 4.26. The minimum absolute atomic E-state index is 0.431. The average Bonchev–Trinajstić information content (AvgIpc) is 2.87. The van der Waals surface area contributed by atoms with Gasteiger partial charge in [0.2, 0.25) is 0 Å². The van der Waals surface area contributed by atoms with Crippen LogP contribution in [0.4, 0.5) is 0 Å². The summed E-state index contributed by atoms with van der Waals surface area (Å²) in [6, 6.07) is 15.4. The summed E-state index contributed by atoms with van der Waals surface area (Å²) < 4.78 is 12.4. The van der Waals surface area contributed by atoms with Crippen LogP contribution in [0.5, 0.6) is 11.5 Å². The lowest BCUT2D eigenvalue weighted by atomic mass is 9.48. The SMILES string of the molecule is COc1cc(Br)ccc1C12CC3CC(CC(C3)C1)C2.COc1ccccc1C12CC3CC(CC(C3)C1)C2. The van der Waals surface area contributed by atoms with Gasteiger partial charge < -0.3 is 9.47 Å². The Morgan fingerprint density at radius 3 is 1.41 bits per heavy atom. The predicted octanol–water partition coefficient (Wildman–Crippen LogP) is 9.09. The zero-order valence-corrected chi connectivity index (χ0v) is 24.3. The molecule has 10 rings (SSSR count). The standard InChI is InChI=1S/C17H21BrO.C17H22O/c1-19-16-7-14(18)2-3-15(16)17-8-11-4-12(9-17)6-13(5-11)10-17;1-18-16-5-3-2-4-15(16)17-9-12-6-13(10-17)8-14(7-12)11-17/h2-3,7,11-13H,4-6,8-10H2,1H3;2-5,12-14H,6-11H2,1H3. The van der Waals surface area contributed by atoms with Crippen LogP contribution in [0.1, 0.15) is 88.2 Å². The molecule has 0 amide bonds. The van der Waals surface area contributed by atoms with Crippen LogP contribution in [0.25, 0.3) is 0 Å². The Bertz CT molecular complexity index is 1080. The molecule has 0 aliphatic heterocycles. The number of methoxy groups -OCH3 is 2. The lowest BCUT2D eigenvalue weighted by molar-refractivity contribution is -0.00629. The van der Waals surface area contributed by atoms with E-state index in [0.717, 1.165) is 51.5 Å². The highest BCUT2D eigenvalue weighted by Crippen LogP contribution is 2.63. The van der Waals surface area contributed by atoms with Gasteiger partial charge in [-0.25, -0.2) is 0 Å². The Balaban J connectivity index is 0.000000125. The van der Waals surface area contributed by atoms with Gasteiger partial charge in [0.15, 0.2) is 0 Å². The second-order valence-corrected chi connectivity index (χ2v) is 14.9. The van der Waals surface area contributed by atoms with Crippen LogP contribution in [0, 0.1) is 35.5 Å². The highest BCUT2D eigenvalue weighted by Gasteiger charge is 2.53. The number of hydrogen-bond donors (Lipinski definition) is 0. The molecule has 0 saturated heterocycles. The number of ether oxygens (including phenoxy) is 2. The third-order valence-electron chi connectivity index (χ3n) is 11.5. The van der Waals surface area contributed by atoms with Crippen LogP contribution in [-0.4, -0.2) is 14.2 Å². The van der Waals surface area contributed by atoms with E-state index in [1.165, 1.54) is 88.2 Å². The first kappa shape index (κ1) is 24.6. The molecule has 2 aromatic rings. The highest BCUT2D eigenvalue weighted by atomic mass is 79.9. The maximum Gasteiger partial charge on any atom is 0.123 e. The van der Waals surface area contributed by atoms with E-state index in [2.05, 4.69) is 58.4 Å². The van der Waals surface area contributed by atoms with Crippen molar-refractivity contribution in [2.75, 3.05) is 14.2 Å². The number of para-hydroxylation sites is 1. The van der Waals surface area contributed by atoms with Crippen molar-refractivity contribution in [3.8, 4) is 11.5 Å². The summed E-state index contributed by atoms with van der Waals surface area (Å²) in [5.74, 6) is 8.18. The molecular weight excluding hydrogens is 520 g/mol. The monoisotopic (exact) mass is 562 g/mol. The van der Waals surface area contributed by atoms with Gasteiger partial charge in [-0.1, -0.05) is 40.2 Å². The van der Waals surface area contributed by atoms with E-state index in [4.69, 9.17) is 9.47 Å². The quantitative estimate of drug-likeness (QED) is 0.369. The van der Waals surface area contributed by atoms with Crippen molar-refractivity contribution in [1.29, 1.82) is 0 Å². The molecule has 0 N–H and O–H groups in total. The topological polar surface area (TPSA) is 18.5 Å². The summed E-state index contributed by atoms with van der Waals surface area (Å²) in [5.41, 5.74) is 3.88. The maximum atomic E-state index is 5.69. The molecule has 0 unspecified atom stereocenters. The molecule has 0 heterocycles. The molecule has 2 aromatic carbocycles. The van der Waals surface area contributed by atoms with Crippen LogP contribution in [0.2, 0.25) is 0 Å². The fourth-order valence-corrected chi connectivity index (χ4v) is 11.4. The maximum absolute atomic E-state index is 5.69. The summed E-state index contributed by atoms with van der Waals surface area (Å²) in [6.07, 6.45) is 17.5. The lowest BCUT2D eigenvalue weighted by Crippen LogP contribution is -2.48. The van der Waals surface area contributed by atoms with Gasteiger partial charge >= 0.3 is 0 Å². The summed E-state index contributed by atoms with van der Waals surface area (Å²) in [5, 5.41) is 0.